The van der Waals surface area contributed by atoms with Crippen LogP contribution in [0.15, 0.2) is 36.4 Å². The van der Waals surface area contributed by atoms with Gasteiger partial charge < -0.3 is 0 Å². The fourth-order valence-corrected chi connectivity index (χ4v) is 2.80. The van der Waals surface area contributed by atoms with Crippen LogP contribution in [0.1, 0.15) is 35.0 Å². The van der Waals surface area contributed by atoms with Gasteiger partial charge in [0.25, 0.3) is 0 Å². The van der Waals surface area contributed by atoms with Gasteiger partial charge in [0, 0.05) is 15.3 Å². The highest BCUT2D eigenvalue weighted by Crippen LogP contribution is 2.29. The third-order valence-electron chi connectivity index (χ3n) is 2.77. The fourth-order valence-electron chi connectivity index (χ4n) is 1.74. The predicted molar refractivity (Wildman–Crippen MR) is 73.8 cm³/mol. The van der Waals surface area contributed by atoms with E-state index in [0.29, 0.717) is 0 Å². The van der Waals surface area contributed by atoms with Crippen LogP contribution in [0.2, 0.25) is 0 Å². The van der Waals surface area contributed by atoms with Crippen molar-refractivity contribution in [1.82, 2.24) is 0 Å². The van der Waals surface area contributed by atoms with E-state index in [4.69, 9.17) is 0 Å². The van der Waals surface area contributed by atoms with Gasteiger partial charge in [0.2, 0.25) is 0 Å². The van der Waals surface area contributed by atoms with Crippen LogP contribution in [0.4, 0.5) is 0 Å². The van der Waals surface area contributed by atoms with Gasteiger partial charge in [-0.25, -0.2) is 0 Å². The predicted octanol–water partition coefficient (Wildman–Crippen LogP) is 4.57. The Morgan fingerprint density at radius 3 is 2.53 bits per heavy atom. The fraction of sp³-hybridized carbons (Fsp3) is 0.267. The molecule has 2 rings (SSSR count). The van der Waals surface area contributed by atoms with Crippen molar-refractivity contribution >= 4 is 17.6 Å². The lowest BCUT2D eigenvalue weighted by Gasteiger charge is -1.97. The third kappa shape index (κ3) is 3.04. The summed E-state index contributed by atoms with van der Waals surface area (Å²) in [5, 5.41) is 0. The largest absolute Gasteiger partial charge is 0.298 e. The molecule has 0 bridgehead atoms. The number of carbonyl (C=O) groups is 1. The SMILES string of the molecule is CCCCc1ccc(-c2ccc(C=O)cc2)s1. The van der Waals surface area contributed by atoms with E-state index in [0.717, 1.165) is 11.8 Å². The van der Waals surface area contributed by atoms with Gasteiger partial charge in [-0.3, -0.25) is 4.79 Å². The first kappa shape index (κ1) is 12.1. The van der Waals surface area contributed by atoms with E-state index in [1.54, 1.807) is 0 Å². The number of thiophene rings is 1. The van der Waals surface area contributed by atoms with Gasteiger partial charge in [0.1, 0.15) is 6.29 Å². The molecule has 0 fully saturated rings. The Balaban J connectivity index is 2.15. The minimum absolute atomic E-state index is 0.733. The van der Waals surface area contributed by atoms with E-state index in [1.165, 1.54) is 34.6 Å². The number of hydrogen-bond acceptors (Lipinski definition) is 2. The molecule has 1 aromatic carbocycles. The smallest absolute Gasteiger partial charge is 0.150 e. The van der Waals surface area contributed by atoms with Crippen molar-refractivity contribution in [2.75, 3.05) is 0 Å². The Morgan fingerprint density at radius 1 is 1.12 bits per heavy atom. The van der Waals surface area contributed by atoms with Crippen LogP contribution in [-0.4, -0.2) is 6.29 Å². The molecule has 2 heteroatoms. The summed E-state index contributed by atoms with van der Waals surface area (Å²) < 4.78 is 0. The summed E-state index contributed by atoms with van der Waals surface area (Å²) in [4.78, 5) is 13.3. The molecule has 0 saturated heterocycles. The number of aldehydes is 1. The molecule has 17 heavy (non-hydrogen) atoms. The monoisotopic (exact) mass is 244 g/mol. The molecule has 0 atom stereocenters. The molecule has 0 saturated carbocycles. The lowest BCUT2D eigenvalue weighted by Crippen LogP contribution is -1.78. The average Bonchev–Trinajstić information content (AvgIpc) is 2.85. The van der Waals surface area contributed by atoms with E-state index < -0.39 is 0 Å². The average molecular weight is 244 g/mol. The number of benzene rings is 1. The lowest BCUT2D eigenvalue weighted by atomic mass is 10.1. The van der Waals surface area contributed by atoms with Crippen molar-refractivity contribution in [3.05, 3.63) is 46.8 Å². The second-order valence-electron chi connectivity index (χ2n) is 4.11. The first-order valence-electron chi connectivity index (χ1n) is 5.98. The van der Waals surface area contributed by atoms with E-state index in [-0.39, 0.29) is 0 Å². The molecule has 0 unspecified atom stereocenters. The molecule has 2 aromatic rings. The summed E-state index contributed by atoms with van der Waals surface area (Å²) in [6, 6.07) is 12.1. The highest BCUT2D eigenvalue weighted by atomic mass is 32.1. The summed E-state index contributed by atoms with van der Waals surface area (Å²) >= 11 is 1.85. The van der Waals surface area contributed by atoms with E-state index in [9.17, 15) is 4.79 Å². The van der Waals surface area contributed by atoms with Crippen molar-refractivity contribution in [3.8, 4) is 10.4 Å². The maximum atomic E-state index is 10.6. The van der Waals surface area contributed by atoms with Crippen molar-refractivity contribution in [3.63, 3.8) is 0 Å². The van der Waals surface area contributed by atoms with Crippen LogP contribution >= 0.6 is 11.3 Å². The number of hydrogen-bond donors (Lipinski definition) is 0. The maximum Gasteiger partial charge on any atom is 0.150 e. The molecule has 1 heterocycles. The molecular weight excluding hydrogens is 228 g/mol. The highest BCUT2D eigenvalue weighted by molar-refractivity contribution is 7.15. The molecule has 88 valence electrons. The second kappa shape index (κ2) is 5.78. The first-order chi connectivity index (χ1) is 8.33. The normalized spacial score (nSPS) is 10.4. The van der Waals surface area contributed by atoms with Crippen LogP contribution in [0, 0.1) is 0 Å². The van der Waals surface area contributed by atoms with E-state index in [2.05, 4.69) is 19.1 Å². The Morgan fingerprint density at radius 2 is 1.88 bits per heavy atom. The zero-order valence-electron chi connectivity index (χ0n) is 9.98. The maximum absolute atomic E-state index is 10.6. The van der Waals surface area contributed by atoms with Crippen LogP contribution in [0.3, 0.4) is 0 Å². The Labute approximate surface area is 106 Å². The molecular formula is C15H16OS. The van der Waals surface area contributed by atoms with E-state index in [1.807, 2.05) is 35.6 Å². The Hall–Kier alpha value is -1.41. The van der Waals surface area contributed by atoms with Crippen LogP contribution < -0.4 is 0 Å². The van der Waals surface area contributed by atoms with Gasteiger partial charge in [-0.15, -0.1) is 11.3 Å². The van der Waals surface area contributed by atoms with Crippen LogP contribution in [-0.2, 0) is 6.42 Å². The van der Waals surface area contributed by atoms with Crippen molar-refractivity contribution in [1.29, 1.82) is 0 Å². The Kier molecular flexibility index (Phi) is 4.10. The van der Waals surface area contributed by atoms with Crippen molar-refractivity contribution in [2.24, 2.45) is 0 Å². The summed E-state index contributed by atoms with van der Waals surface area (Å²) in [6.45, 7) is 2.21. The topological polar surface area (TPSA) is 17.1 Å². The van der Waals surface area contributed by atoms with Gasteiger partial charge in [-0.1, -0.05) is 37.6 Å². The quantitative estimate of drug-likeness (QED) is 0.704. The standard InChI is InChI=1S/C15H16OS/c1-2-3-4-14-9-10-15(17-14)13-7-5-12(11-16)6-8-13/h5-11H,2-4H2,1H3. The summed E-state index contributed by atoms with van der Waals surface area (Å²) in [7, 11) is 0. The van der Waals surface area contributed by atoms with Gasteiger partial charge in [0.05, 0.1) is 0 Å². The minimum atomic E-state index is 0.733. The number of aryl methyl sites for hydroxylation is 1. The molecule has 0 aliphatic heterocycles. The molecule has 1 nitrogen and oxygen atoms in total. The number of carbonyl (C=O) groups excluding carboxylic acids is 1. The first-order valence-corrected chi connectivity index (χ1v) is 6.79. The van der Waals surface area contributed by atoms with Crippen LogP contribution in [0.25, 0.3) is 10.4 Å². The van der Waals surface area contributed by atoms with Gasteiger partial charge in [-0.05, 0) is 30.5 Å². The minimum Gasteiger partial charge on any atom is -0.298 e. The molecule has 0 aliphatic rings. The zero-order chi connectivity index (χ0) is 12.1. The third-order valence-corrected chi connectivity index (χ3v) is 3.96. The van der Waals surface area contributed by atoms with Crippen molar-refractivity contribution < 1.29 is 4.79 Å². The van der Waals surface area contributed by atoms with E-state index >= 15 is 0 Å². The highest BCUT2D eigenvalue weighted by Gasteiger charge is 2.02. The summed E-state index contributed by atoms with van der Waals surface area (Å²) in [5.41, 5.74) is 1.93. The van der Waals surface area contributed by atoms with Crippen molar-refractivity contribution in [2.45, 2.75) is 26.2 Å². The lowest BCUT2D eigenvalue weighted by molar-refractivity contribution is 0.112. The molecule has 0 aliphatic carbocycles. The van der Waals surface area contributed by atoms with Gasteiger partial charge in [0.15, 0.2) is 0 Å². The molecule has 0 N–H and O–H groups in total. The Bertz CT molecular complexity index is 482. The molecule has 1 aromatic heterocycles. The van der Waals surface area contributed by atoms with Gasteiger partial charge >= 0.3 is 0 Å². The summed E-state index contributed by atoms with van der Waals surface area (Å²) in [6.07, 6.45) is 4.55. The zero-order valence-corrected chi connectivity index (χ0v) is 10.8. The van der Waals surface area contributed by atoms with Gasteiger partial charge in [-0.2, -0.15) is 0 Å². The second-order valence-corrected chi connectivity index (χ2v) is 5.28. The summed E-state index contributed by atoms with van der Waals surface area (Å²) in [5.74, 6) is 0. The number of unbranched alkanes of at least 4 members (excludes halogenated alkanes) is 1. The number of rotatable bonds is 5. The molecule has 0 radical (unpaired) electrons. The molecule has 0 amide bonds. The molecule has 0 spiro atoms. The van der Waals surface area contributed by atoms with Crippen LogP contribution in [0.5, 0.6) is 0 Å².